The highest BCUT2D eigenvalue weighted by atomic mass is 35.5. The lowest BCUT2D eigenvalue weighted by Gasteiger charge is -2.14. The van der Waals surface area contributed by atoms with Gasteiger partial charge in [0.05, 0.1) is 11.3 Å². The van der Waals surface area contributed by atoms with Crippen molar-refractivity contribution in [1.29, 1.82) is 0 Å². The van der Waals surface area contributed by atoms with Crippen molar-refractivity contribution in [2.45, 2.75) is 19.6 Å². The first-order valence-corrected chi connectivity index (χ1v) is 8.48. The molecule has 0 aliphatic rings. The molecule has 0 bridgehead atoms. The number of benzene rings is 2. The van der Waals surface area contributed by atoms with E-state index >= 15 is 0 Å². The van der Waals surface area contributed by atoms with Gasteiger partial charge in [-0.1, -0.05) is 29.8 Å². The number of carbonyl (C=O) groups excluding carboxylic acids is 2. The van der Waals surface area contributed by atoms with E-state index in [1.165, 1.54) is 17.9 Å². The second kappa shape index (κ2) is 8.41. The molecule has 1 atom stereocenters. The van der Waals surface area contributed by atoms with Gasteiger partial charge >= 0.3 is 5.97 Å². The monoisotopic (exact) mass is 385 g/mol. The maximum atomic E-state index is 12.2. The van der Waals surface area contributed by atoms with Crippen LogP contribution in [-0.2, 0) is 16.1 Å². The van der Waals surface area contributed by atoms with Gasteiger partial charge in [-0.05, 0) is 53.2 Å². The van der Waals surface area contributed by atoms with Crippen molar-refractivity contribution in [3.05, 3.63) is 71.0 Å². The van der Waals surface area contributed by atoms with Crippen molar-refractivity contribution in [1.82, 2.24) is 25.5 Å². The normalized spacial score (nSPS) is 11.6. The summed E-state index contributed by atoms with van der Waals surface area (Å²) in [6.07, 6.45) is 0.498. The Morgan fingerprint density at radius 3 is 2.59 bits per heavy atom. The van der Waals surface area contributed by atoms with Crippen LogP contribution < -0.4 is 5.32 Å². The molecule has 1 heterocycles. The zero-order valence-electron chi connectivity index (χ0n) is 14.4. The Labute approximate surface area is 160 Å². The highest BCUT2D eigenvalue weighted by molar-refractivity contribution is 6.31. The number of nitrogens with zero attached hydrogens (tertiary/aromatic N) is 4. The van der Waals surface area contributed by atoms with E-state index in [-0.39, 0.29) is 6.54 Å². The van der Waals surface area contributed by atoms with Crippen LogP contribution in [0.3, 0.4) is 0 Å². The molecule has 1 N–H and O–H groups in total. The van der Waals surface area contributed by atoms with Crippen LogP contribution >= 0.6 is 11.6 Å². The van der Waals surface area contributed by atoms with Crippen molar-refractivity contribution in [3.63, 3.8) is 0 Å². The third-order valence-corrected chi connectivity index (χ3v) is 4.15. The SMILES string of the molecule is C[C@H](OC(=O)c1ccc(-n2cnnn2)cc1)C(=O)NCc1ccccc1Cl. The molecular formula is C18H16ClN5O3. The molecule has 138 valence electrons. The molecule has 0 saturated heterocycles. The molecule has 3 aromatic rings. The van der Waals surface area contributed by atoms with Gasteiger partial charge in [-0.25, -0.2) is 9.48 Å². The minimum Gasteiger partial charge on any atom is -0.449 e. The summed E-state index contributed by atoms with van der Waals surface area (Å²) < 4.78 is 6.67. The summed E-state index contributed by atoms with van der Waals surface area (Å²) in [5.41, 5.74) is 1.80. The number of hydrogen-bond donors (Lipinski definition) is 1. The highest BCUT2D eigenvalue weighted by Crippen LogP contribution is 2.14. The Balaban J connectivity index is 1.55. The minimum atomic E-state index is -0.945. The van der Waals surface area contributed by atoms with Crippen molar-refractivity contribution in [2.24, 2.45) is 0 Å². The van der Waals surface area contributed by atoms with Crippen LogP contribution in [0.5, 0.6) is 0 Å². The molecule has 0 saturated carbocycles. The molecular weight excluding hydrogens is 370 g/mol. The number of esters is 1. The quantitative estimate of drug-likeness (QED) is 0.653. The standard InChI is InChI=1S/C18H16ClN5O3/c1-12(17(25)20-10-14-4-2-3-5-16(14)19)27-18(26)13-6-8-15(9-7-13)24-11-21-22-23-24/h2-9,11-12H,10H2,1H3,(H,20,25)/t12-/m0/s1. The van der Waals surface area contributed by atoms with Gasteiger partial charge in [0, 0.05) is 11.6 Å². The Hall–Kier alpha value is -3.26. The van der Waals surface area contributed by atoms with Crippen molar-refractivity contribution in [2.75, 3.05) is 0 Å². The van der Waals surface area contributed by atoms with E-state index in [1.54, 1.807) is 30.3 Å². The maximum Gasteiger partial charge on any atom is 0.338 e. The van der Waals surface area contributed by atoms with Gasteiger partial charge < -0.3 is 10.1 Å². The van der Waals surface area contributed by atoms with E-state index in [9.17, 15) is 9.59 Å². The van der Waals surface area contributed by atoms with Crippen LogP contribution in [-0.4, -0.2) is 38.2 Å². The second-order valence-corrected chi connectivity index (χ2v) is 6.07. The van der Waals surface area contributed by atoms with Gasteiger partial charge in [-0.3, -0.25) is 4.79 Å². The molecule has 0 radical (unpaired) electrons. The van der Waals surface area contributed by atoms with E-state index in [0.717, 1.165) is 5.56 Å². The van der Waals surface area contributed by atoms with Crippen LogP contribution in [0.2, 0.25) is 5.02 Å². The van der Waals surface area contributed by atoms with E-state index in [2.05, 4.69) is 20.8 Å². The van der Waals surface area contributed by atoms with Crippen LogP contribution in [0.25, 0.3) is 5.69 Å². The first-order chi connectivity index (χ1) is 13.0. The van der Waals surface area contributed by atoms with E-state index in [0.29, 0.717) is 16.3 Å². The van der Waals surface area contributed by atoms with E-state index < -0.39 is 18.0 Å². The lowest BCUT2D eigenvalue weighted by Crippen LogP contribution is -2.35. The molecule has 0 aliphatic carbocycles. The lowest BCUT2D eigenvalue weighted by atomic mass is 10.2. The number of ether oxygens (including phenoxy) is 1. The summed E-state index contributed by atoms with van der Waals surface area (Å²) in [4.78, 5) is 24.4. The summed E-state index contributed by atoms with van der Waals surface area (Å²) in [6, 6.07) is 13.7. The van der Waals surface area contributed by atoms with E-state index in [1.807, 2.05) is 18.2 Å². The fourth-order valence-electron chi connectivity index (χ4n) is 2.28. The summed E-state index contributed by atoms with van der Waals surface area (Å²) >= 11 is 6.05. The summed E-state index contributed by atoms with van der Waals surface area (Å²) in [7, 11) is 0. The molecule has 0 spiro atoms. The van der Waals surface area contributed by atoms with Gasteiger partial charge in [-0.2, -0.15) is 0 Å². The maximum absolute atomic E-state index is 12.2. The van der Waals surface area contributed by atoms with Crippen LogP contribution in [0.1, 0.15) is 22.8 Å². The molecule has 1 aromatic heterocycles. The van der Waals surface area contributed by atoms with Gasteiger partial charge in [0.15, 0.2) is 6.10 Å². The van der Waals surface area contributed by atoms with Gasteiger partial charge in [0.1, 0.15) is 6.33 Å². The van der Waals surface area contributed by atoms with E-state index in [4.69, 9.17) is 16.3 Å². The van der Waals surface area contributed by atoms with Crippen molar-refractivity contribution < 1.29 is 14.3 Å². The van der Waals surface area contributed by atoms with Gasteiger partial charge in [0.2, 0.25) is 0 Å². The third-order valence-electron chi connectivity index (χ3n) is 3.78. The molecule has 27 heavy (non-hydrogen) atoms. The number of tetrazole rings is 1. The fourth-order valence-corrected chi connectivity index (χ4v) is 2.48. The molecule has 1 amide bonds. The lowest BCUT2D eigenvalue weighted by molar-refractivity contribution is -0.129. The topological polar surface area (TPSA) is 99.0 Å². The smallest absolute Gasteiger partial charge is 0.338 e. The molecule has 9 heteroatoms. The highest BCUT2D eigenvalue weighted by Gasteiger charge is 2.19. The van der Waals surface area contributed by atoms with Crippen LogP contribution in [0.15, 0.2) is 54.9 Å². The number of aromatic nitrogens is 4. The second-order valence-electron chi connectivity index (χ2n) is 5.66. The van der Waals surface area contributed by atoms with Crippen LogP contribution in [0, 0.1) is 0 Å². The average Bonchev–Trinajstić information content (AvgIpc) is 3.22. The number of hydrogen-bond acceptors (Lipinski definition) is 6. The number of rotatable bonds is 6. The Bertz CT molecular complexity index is 928. The van der Waals surface area contributed by atoms with Crippen molar-refractivity contribution in [3.8, 4) is 5.69 Å². The Morgan fingerprint density at radius 1 is 1.19 bits per heavy atom. The van der Waals surface area contributed by atoms with Crippen molar-refractivity contribution >= 4 is 23.5 Å². The van der Waals surface area contributed by atoms with Gasteiger partial charge in [0.25, 0.3) is 5.91 Å². The zero-order chi connectivity index (χ0) is 19.2. The Kier molecular flexibility index (Phi) is 5.77. The van der Waals surface area contributed by atoms with Gasteiger partial charge in [-0.15, -0.1) is 5.10 Å². The molecule has 2 aromatic carbocycles. The molecule has 0 aliphatic heterocycles. The number of halogens is 1. The zero-order valence-corrected chi connectivity index (χ0v) is 15.1. The largest absolute Gasteiger partial charge is 0.449 e. The fraction of sp³-hybridized carbons (Fsp3) is 0.167. The minimum absolute atomic E-state index is 0.251. The predicted octanol–water partition coefficient (Wildman–Crippen LogP) is 2.18. The first-order valence-electron chi connectivity index (χ1n) is 8.10. The van der Waals surface area contributed by atoms with Crippen LogP contribution in [0.4, 0.5) is 0 Å². The summed E-state index contributed by atoms with van der Waals surface area (Å²) in [6.45, 7) is 1.76. The molecule has 3 rings (SSSR count). The number of nitrogens with one attached hydrogen (secondary N) is 1. The molecule has 0 unspecified atom stereocenters. The number of amides is 1. The summed E-state index contributed by atoms with van der Waals surface area (Å²) in [5, 5.41) is 14.1. The average molecular weight is 386 g/mol. The molecule has 0 fully saturated rings. The number of carbonyl (C=O) groups is 2. The predicted molar refractivity (Wildman–Crippen MR) is 97.3 cm³/mol. The molecule has 8 nitrogen and oxygen atoms in total. The Morgan fingerprint density at radius 2 is 1.93 bits per heavy atom. The first kappa shape index (κ1) is 18.5. The third kappa shape index (κ3) is 4.68. The summed E-state index contributed by atoms with van der Waals surface area (Å²) in [5.74, 6) is -1.01.